The van der Waals surface area contributed by atoms with Crippen molar-refractivity contribution >= 4 is 23.3 Å². The highest BCUT2D eigenvalue weighted by molar-refractivity contribution is 7.80. The van der Waals surface area contributed by atoms with Gasteiger partial charge in [0.05, 0.1) is 11.6 Å². The number of benzene rings is 2. The molecule has 0 saturated heterocycles. The third-order valence-corrected chi connectivity index (χ3v) is 4.15. The summed E-state index contributed by atoms with van der Waals surface area (Å²) in [5, 5.41) is 16.0. The SMILES string of the molecule is CC1=C(C(=O)OCc2ccccc2)[C@@H](c2ccc(O)cc2)NC(=S)N1. The van der Waals surface area contributed by atoms with Crippen LogP contribution in [0.2, 0.25) is 0 Å². The number of esters is 1. The maximum atomic E-state index is 12.7. The van der Waals surface area contributed by atoms with Crippen LogP contribution in [0.1, 0.15) is 24.1 Å². The summed E-state index contributed by atoms with van der Waals surface area (Å²) in [6.45, 7) is 1.99. The molecule has 1 atom stereocenters. The number of rotatable bonds is 4. The molecule has 5 nitrogen and oxygen atoms in total. The van der Waals surface area contributed by atoms with Crippen LogP contribution in [0, 0.1) is 0 Å². The molecule has 0 bridgehead atoms. The van der Waals surface area contributed by atoms with Crippen molar-refractivity contribution in [2.24, 2.45) is 0 Å². The van der Waals surface area contributed by atoms with Crippen molar-refractivity contribution in [2.45, 2.75) is 19.6 Å². The van der Waals surface area contributed by atoms with E-state index in [1.807, 2.05) is 30.3 Å². The monoisotopic (exact) mass is 354 g/mol. The summed E-state index contributed by atoms with van der Waals surface area (Å²) < 4.78 is 5.48. The second kappa shape index (κ2) is 7.36. The number of nitrogens with one attached hydrogen (secondary N) is 2. The Morgan fingerprint density at radius 2 is 1.84 bits per heavy atom. The van der Waals surface area contributed by atoms with Gasteiger partial charge in [-0.15, -0.1) is 0 Å². The Morgan fingerprint density at radius 3 is 2.52 bits per heavy atom. The zero-order valence-corrected chi connectivity index (χ0v) is 14.5. The molecular formula is C19H18N2O3S. The number of hydrogen-bond acceptors (Lipinski definition) is 4. The molecule has 0 aromatic heterocycles. The Morgan fingerprint density at radius 1 is 1.16 bits per heavy atom. The van der Waals surface area contributed by atoms with Gasteiger partial charge in [0.1, 0.15) is 12.4 Å². The summed E-state index contributed by atoms with van der Waals surface area (Å²) in [6, 6.07) is 15.7. The number of ether oxygens (including phenoxy) is 1. The van der Waals surface area contributed by atoms with Crippen molar-refractivity contribution in [1.29, 1.82) is 0 Å². The molecule has 6 heteroatoms. The minimum Gasteiger partial charge on any atom is -0.508 e. The van der Waals surface area contributed by atoms with Gasteiger partial charge in [0.25, 0.3) is 0 Å². The summed E-state index contributed by atoms with van der Waals surface area (Å²) in [4.78, 5) is 12.7. The smallest absolute Gasteiger partial charge is 0.338 e. The lowest BCUT2D eigenvalue weighted by atomic mass is 9.95. The van der Waals surface area contributed by atoms with Crippen LogP contribution in [0.5, 0.6) is 5.75 Å². The third-order valence-electron chi connectivity index (χ3n) is 3.93. The molecule has 2 aromatic carbocycles. The van der Waals surface area contributed by atoms with Gasteiger partial charge in [-0.05, 0) is 42.4 Å². The minimum absolute atomic E-state index is 0.161. The first-order chi connectivity index (χ1) is 12.0. The predicted octanol–water partition coefficient (Wildman–Crippen LogP) is 2.93. The molecule has 1 aliphatic rings. The molecule has 2 aromatic rings. The number of carbonyl (C=O) groups is 1. The summed E-state index contributed by atoms with van der Waals surface area (Å²) in [5.74, 6) is -0.254. The van der Waals surface area contributed by atoms with E-state index in [1.54, 1.807) is 31.2 Å². The Balaban J connectivity index is 1.84. The number of phenolic OH excluding ortho intramolecular Hbond substituents is 1. The molecule has 3 N–H and O–H groups in total. The standard InChI is InChI=1S/C19H18N2O3S/c1-12-16(18(23)24-11-13-5-3-2-4-6-13)17(21-19(25)20-12)14-7-9-15(22)10-8-14/h2-10,17,22H,11H2,1H3,(H2,20,21,25)/t17-/m1/s1. The van der Waals surface area contributed by atoms with Crippen LogP contribution in [0.3, 0.4) is 0 Å². The van der Waals surface area contributed by atoms with Crippen molar-refractivity contribution < 1.29 is 14.6 Å². The van der Waals surface area contributed by atoms with E-state index >= 15 is 0 Å². The van der Waals surface area contributed by atoms with Gasteiger partial charge in [-0.2, -0.15) is 0 Å². The molecule has 0 radical (unpaired) electrons. The fourth-order valence-electron chi connectivity index (χ4n) is 2.68. The Kier molecular flexibility index (Phi) is 5.00. The van der Waals surface area contributed by atoms with Crippen molar-refractivity contribution in [3.05, 3.63) is 77.0 Å². The first-order valence-corrected chi connectivity index (χ1v) is 8.23. The fourth-order valence-corrected chi connectivity index (χ4v) is 2.95. The number of carbonyl (C=O) groups excluding carboxylic acids is 1. The number of allylic oxidation sites excluding steroid dienone is 1. The molecule has 0 spiro atoms. The van der Waals surface area contributed by atoms with Crippen LogP contribution in [0.15, 0.2) is 65.9 Å². The zero-order valence-electron chi connectivity index (χ0n) is 13.7. The van der Waals surface area contributed by atoms with E-state index in [2.05, 4.69) is 10.6 Å². The number of aromatic hydroxyl groups is 1. The molecule has 0 aliphatic carbocycles. The second-order valence-electron chi connectivity index (χ2n) is 5.72. The molecule has 0 unspecified atom stereocenters. The Labute approximate surface area is 151 Å². The summed E-state index contributed by atoms with van der Waals surface area (Å²) >= 11 is 5.21. The fraction of sp³-hybridized carbons (Fsp3) is 0.158. The third kappa shape index (κ3) is 3.97. The van der Waals surface area contributed by atoms with Gasteiger partial charge in [-0.3, -0.25) is 0 Å². The Hall–Kier alpha value is -2.86. The van der Waals surface area contributed by atoms with E-state index in [0.717, 1.165) is 11.1 Å². The summed E-state index contributed by atoms with van der Waals surface area (Å²) in [6.07, 6.45) is 0. The van der Waals surface area contributed by atoms with Crippen LogP contribution in [0.25, 0.3) is 0 Å². The van der Waals surface area contributed by atoms with E-state index in [4.69, 9.17) is 17.0 Å². The highest BCUT2D eigenvalue weighted by Crippen LogP contribution is 2.28. The van der Waals surface area contributed by atoms with Crippen LogP contribution in [-0.4, -0.2) is 16.2 Å². The lowest BCUT2D eigenvalue weighted by molar-refractivity contribution is -0.140. The quantitative estimate of drug-likeness (QED) is 0.579. The van der Waals surface area contributed by atoms with Crippen LogP contribution < -0.4 is 10.6 Å². The van der Waals surface area contributed by atoms with E-state index in [0.29, 0.717) is 16.4 Å². The van der Waals surface area contributed by atoms with Gasteiger partial charge in [-0.1, -0.05) is 42.5 Å². The molecule has 128 valence electrons. The second-order valence-corrected chi connectivity index (χ2v) is 6.13. The van der Waals surface area contributed by atoms with E-state index in [9.17, 15) is 9.90 Å². The molecular weight excluding hydrogens is 336 g/mol. The van der Waals surface area contributed by atoms with Crippen molar-refractivity contribution in [2.75, 3.05) is 0 Å². The number of phenols is 1. The average molecular weight is 354 g/mol. The van der Waals surface area contributed by atoms with Gasteiger partial charge < -0.3 is 20.5 Å². The normalized spacial score (nSPS) is 16.8. The topological polar surface area (TPSA) is 70.6 Å². The van der Waals surface area contributed by atoms with Gasteiger partial charge >= 0.3 is 5.97 Å². The highest BCUT2D eigenvalue weighted by Gasteiger charge is 2.30. The maximum Gasteiger partial charge on any atom is 0.338 e. The highest BCUT2D eigenvalue weighted by atomic mass is 32.1. The zero-order chi connectivity index (χ0) is 17.8. The lowest BCUT2D eigenvalue weighted by Gasteiger charge is -2.29. The summed E-state index contributed by atoms with van der Waals surface area (Å²) in [7, 11) is 0. The van der Waals surface area contributed by atoms with Crippen LogP contribution >= 0.6 is 12.2 Å². The molecule has 0 amide bonds. The maximum absolute atomic E-state index is 12.7. The van der Waals surface area contributed by atoms with Gasteiger partial charge in [0, 0.05) is 5.70 Å². The Bertz CT molecular complexity index is 816. The van der Waals surface area contributed by atoms with Crippen LogP contribution in [-0.2, 0) is 16.1 Å². The largest absolute Gasteiger partial charge is 0.508 e. The van der Waals surface area contributed by atoms with Gasteiger partial charge in [-0.25, -0.2) is 4.79 Å². The van der Waals surface area contributed by atoms with Crippen molar-refractivity contribution in [3.8, 4) is 5.75 Å². The van der Waals surface area contributed by atoms with E-state index in [1.165, 1.54) is 0 Å². The van der Waals surface area contributed by atoms with Crippen molar-refractivity contribution in [3.63, 3.8) is 0 Å². The molecule has 0 saturated carbocycles. The molecule has 25 heavy (non-hydrogen) atoms. The number of hydrogen-bond donors (Lipinski definition) is 3. The van der Waals surface area contributed by atoms with Gasteiger partial charge in [0.15, 0.2) is 5.11 Å². The van der Waals surface area contributed by atoms with Crippen LogP contribution in [0.4, 0.5) is 0 Å². The van der Waals surface area contributed by atoms with Gasteiger partial charge in [0.2, 0.25) is 0 Å². The molecule has 3 rings (SSSR count). The average Bonchev–Trinajstić information content (AvgIpc) is 2.60. The minimum atomic E-state index is -0.433. The molecule has 1 aliphatic heterocycles. The van der Waals surface area contributed by atoms with Crippen molar-refractivity contribution in [1.82, 2.24) is 10.6 Å². The number of thiocarbonyl (C=S) groups is 1. The first kappa shape index (κ1) is 17.0. The lowest BCUT2D eigenvalue weighted by Crippen LogP contribution is -2.45. The first-order valence-electron chi connectivity index (χ1n) is 7.83. The summed E-state index contributed by atoms with van der Waals surface area (Å²) in [5.41, 5.74) is 2.85. The van der Waals surface area contributed by atoms with E-state index < -0.39 is 12.0 Å². The molecule has 1 heterocycles. The molecule has 0 fully saturated rings. The predicted molar refractivity (Wildman–Crippen MR) is 98.7 cm³/mol. The van der Waals surface area contributed by atoms with E-state index in [-0.39, 0.29) is 12.4 Å².